The van der Waals surface area contributed by atoms with Gasteiger partial charge in [0, 0.05) is 13.0 Å². The van der Waals surface area contributed by atoms with Gasteiger partial charge in [-0.1, -0.05) is 72.8 Å². The second-order valence-corrected chi connectivity index (χ2v) is 5.53. The average Bonchev–Trinajstić information content (AvgIpc) is 2.53. The second-order valence-electron chi connectivity index (χ2n) is 5.53. The lowest BCUT2D eigenvalue weighted by Crippen LogP contribution is -2.26. The first-order chi connectivity index (χ1) is 10.1. The first-order valence-corrected chi connectivity index (χ1v) is 7.26. The highest BCUT2D eigenvalue weighted by Crippen LogP contribution is 2.33. The molecule has 0 aliphatic carbocycles. The molecule has 2 rings (SSSR count). The summed E-state index contributed by atoms with van der Waals surface area (Å²) < 4.78 is 0. The Hall–Kier alpha value is -1.61. The van der Waals surface area contributed by atoms with Gasteiger partial charge in [-0.25, -0.2) is 0 Å². The molecule has 0 saturated carbocycles. The maximum atomic E-state index is 11.3. The first-order valence-electron chi connectivity index (χ1n) is 7.26. The summed E-state index contributed by atoms with van der Waals surface area (Å²) in [6.45, 7) is 0.875. The SMILES string of the molecule is CN(C)C/C=C\CC(O)(c1ccccc1)c1ccccc1.Cl. The molecule has 2 aromatic carbocycles. The zero-order valence-electron chi connectivity index (χ0n) is 13.1. The van der Waals surface area contributed by atoms with E-state index in [0.717, 1.165) is 17.7 Å². The maximum Gasteiger partial charge on any atom is 0.118 e. The summed E-state index contributed by atoms with van der Waals surface area (Å²) >= 11 is 0. The predicted molar refractivity (Wildman–Crippen MR) is 95.4 cm³/mol. The number of nitrogens with zero attached hydrogens (tertiary/aromatic N) is 1. The fourth-order valence-electron chi connectivity index (χ4n) is 2.37. The molecular weight excluding hydrogens is 294 g/mol. The first kappa shape index (κ1) is 18.4. The van der Waals surface area contributed by atoms with Crippen LogP contribution in [-0.2, 0) is 5.60 Å². The largest absolute Gasteiger partial charge is 0.380 e. The number of likely N-dealkylation sites (N-methyl/N-ethyl adjacent to an activating group) is 1. The van der Waals surface area contributed by atoms with Gasteiger partial charge in [0.1, 0.15) is 5.60 Å². The summed E-state index contributed by atoms with van der Waals surface area (Å²) in [6, 6.07) is 19.7. The zero-order chi connectivity index (χ0) is 15.1. The Morgan fingerprint density at radius 2 is 1.32 bits per heavy atom. The normalized spacial score (nSPS) is 11.6. The van der Waals surface area contributed by atoms with Crippen LogP contribution < -0.4 is 0 Å². The maximum absolute atomic E-state index is 11.3. The van der Waals surface area contributed by atoms with Crippen LogP contribution >= 0.6 is 12.4 Å². The van der Waals surface area contributed by atoms with E-state index >= 15 is 0 Å². The zero-order valence-corrected chi connectivity index (χ0v) is 14.0. The molecule has 0 aliphatic rings. The second kappa shape index (κ2) is 8.74. The van der Waals surface area contributed by atoms with Crippen molar-refractivity contribution < 1.29 is 5.11 Å². The van der Waals surface area contributed by atoms with Gasteiger partial charge in [0.25, 0.3) is 0 Å². The predicted octanol–water partition coefficient (Wildman–Crippen LogP) is 3.85. The molecule has 0 spiro atoms. The van der Waals surface area contributed by atoms with E-state index in [2.05, 4.69) is 17.1 Å². The van der Waals surface area contributed by atoms with Gasteiger partial charge in [0.15, 0.2) is 0 Å². The van der Waals surface area contributed by atoms with E-state index in [0.29, 0.717) is 6.42 Å². The van der Waals surface area contributed by atoms with Crippen molar-refractivity contribution in [3.05, 3.63) is 83.9 Å². The molecule has 22 heavy (non-hydrogen) atoms. The number of hydrogen-bond acceptors (Lipinski definition) is 2. The Kier molecular flexibility index (Phi) is 7.33. The van der Waals surface area contributed by atoms with Crippen molar-refractivity contribution >= 4 is 12.4 Å². The molecule has 0 aromatic heterocycles. The van der Waals surface area contributed by atoms with E-state index in [-0.39, 0.29) is 12.4 Å². The van der Waals surface area contributed by atoms with Gasteiger partial charge in [-0.05, 0) is 25.2 Å². The summed E-state index contributed by atoms with van der Waals surface area (Å²) in [6.07, 6.45) is 4.71. The molecule has 0 saturated heterocycles. The van der Waals surface area contributed by atoms with Crippen LogP contribution in [0.15, 0.2) is 72.8 Å². The van der Waals surface area contributed by atoms with Crippen LogP contribution in [0.5, 0.6) is 0 Å². The van der Waals surface area contributed by atoms with E-state index in [4.69, 9.17) is 0 Å². The van der Waals surface area contributed by atoms with Gasteiger partial charge >= 0.3 is 0 Å². The Morgan fingerprint density at radius 3 is 1.73 bits per heavy atom. The highest BCUT2D eigenvalue weighted by molar-refractivity contribution is 5.85. The topological polar surface area (TPSA) is 23.5 Å². The lowest BCUT2D eigenvalue weighted by molar-refractivity contribution is 0.0840. The van der Waals surface area contributed by atoms with Crippen LogP contribution in [0.1, 0.15) is 17.5 Å². The molecule has 2 aromatic rings. The Morgan fingerprint density at radius 1 is 0.864 bits per heavy atom. The molecule has 0 radical (unpaired) electrons. The van der Waals surface area contributed by atoms with Crippen molar-refractivity contribution in [3.63, 3.8) is 0 Å². The summed E-state index contributed by atoms with van der Waals surface area (Å²) in [5, 5.41) is 11.3. The van der Waals surface area contributed by atoms with Crippen LogP contribution in [0.4, 0.5) is 0 Å². The molecule has 0 atom stereocenters. The monoisotopic (exact) mass is 317 g/mol. The summed E-state index contributed by atoms with van der Waals surface area (Å²) in [5.74, 6) is 0. The van der Waals surface area contributed by atoms with Gasteiger partial charge < -0.3 is 10.0 Å². The standard InChI is InChI=1S/C19H23NO.ClH/c1-20(2)16-10-9-15-19(21,17-11-5-3-6-12-17)18-13-7-4-8-14-18;/h3-14,21H,15-16H2,1-2H3;1H/b10-9-;. The quantitative estimate of drug-likeness (QED) is 0.818. The van der Waals surface area contributed by atoms with Gasteiger partial charge in [0.2, 0.25) is 0 Å². The van der Waals surface area contributed by atoms with Gasteiger partial charge in [-0.2, -0.15) is 0 Å². The van der Waals surface area contributed by atoms with Crippen molar-refractivity contribution in [1.29, 1.82) is 0 Å². The van der Waals surface area contributed by atoms with Crippen molar-refractivity contribution in [2.75, 3.05) is 20.6 Å². The molecule has 0 bridgehead atoms. The smallest absolute Gasteiger partial charge is 0.118 e. The molecule has 3 heteroatoms. The van der Waals surface area contributed by atoms with Crippen LogP contribution in [0, 0.1) is 0 Å². The summed E-state index contributed by atoms with van der Waals surface area (Å²) in [5.41, 5.74) is 0.863. The molecule has 2 nitrogen and oxygen atoms in total. The molecular formula is C19H24ClNO. The minimum atomic E-state index is -0.981. The third-order valence-electron chi connectivity index (χ3n) is 3.55. The average molecular weight is 318 g/mol. The summed E-state index contributed by atoms with van der Waals surface area (Å²) in [7, 11) is 4.07. The van der Waals surface area contributed by atoms with Crippen molar-refractivity contribution in [2.45, 2.75) is 12.0 Å². The van der Waals surface area contributed by atoms with Crippen LogP contribution in [0.3, 0.4) is 0 Å². The summed E-state index contributed by atoms with van der Waals surface area (Å²) in [4.78, 5) is 2.10. The molecule has 0 heterocycles. The minimum absolute atomic E-state index is 0. The van der Waals surface area contributed by atoms with Crippen molar-refractivity contribution in [2.24, 2.45) is 0 Å². The van der Waals surface area contributed by atoms with E-state index in [1.807, 2.05) is 74.8 Å². The van der Waals surface area contributed by atoms with Gasteiger partial charge in [0.05, 0.1) is 0 Å². The van der Waals surface area contributed by atoms with Crippen molar-refractivity contribution in [1.82, 2.24) is 4.90 Å². The lowest BCUT2D eigenvalue weighted by atomic mass is 9.83. The van der Waals surface area contributed by atoms with Gasteiger partial charge in [-0.15, -0.1) is 12.4 Å². The minimum Gasteiger partial charge on any atom is -0.380 e. The van der Waals surface area contributed by atoms with Crippen LogP contribution in [0.2, 0.25) is 0 Å². The number of aliphatic hydroxyl groups is 1. The highest BCUT2D eigenvalue weighted by atomic mass is 35.5. The molecule has 118 valence electrons. The fourth-order valence-corrected chi connectivity index (χ4v) is 2.37. The molecule has 0 aliphatic heterocycles. The van der Waals surface area contributed by atoms with E-state index in [9.17, 15) is 5.11 Å². The fraction of sp³-hybridized carbons (Fsp3) is 0.263. The highest BCUT2D eigenvalue weighted by Gasteiger charge is 2.29. The Labute approximate surface area is 139 Å². The molecule has 0 fully saturated rings. The Bertz CT molecular complexity index is 527. The van der Waals surface area contributed by atoms with E-state index in [1.165, 1.54) is 0 Å². The number of rotatable bonds is 6. The number of benzene rings is 2. The molecule has 0 unspecified atom stereocenters. The molecule has 0 amide bonds. The Balaban J connectivity index is 0.00000242. The third-order valence-corrected chi connectivity index (χ3v) is 3.55. The van der Waals surface area contributed by atoms with Crippen molar-refractivity contribution in [3.8, 4) is 0 Å². The van der Waals surface area contributed by atoms with Crippen LogP contribution in [-0.4, -0.2) is 30.6 Å². The van der Waals surface area contributed by atoms with Gasteiger partial charge in [-0.3, -0.25) is 0 Å². The number of halogens is 1. The number of hydrogen-bond donors (Lipinski definition) is 1. The molecule has 1 N–H and O–H groups in total. The third kappa shape index (κ3) is 4.70. The van der Waals surface area contributed by atoms with E-state index < -0.39 is 5.60 Å². The lowest BCUT2D eigenvalue weighted by Gasteiger charge is -2.28. The van der Waals surface area contributed by atoms with E-state index in [1.54, 1.807) is 0 Å². The van der Waals surface area contributed by atoms with Crippen LogP contribution in [0.25, 0.3) is 0 Å².